The van der Waals surface area contributed by atoms with E-state index in [9.17, 15) is 0 Å². The minimum absolute atomic E-state index is 0.639. The van der Waals surface area contributed by atoms with Crippen molar-refractivity contribution in [2.45, 2.75) is 72.4 Å². The lowest BCUT2D eigenvalue weighted by Gasteiger charge is -2.24. The molecule has 1 aromatic heterocycles. The molecule has 2 aromatic rings. The molecule has 126 valence electrons. The van der Waals surface area contributed by atoms with Gasteiger partial charge in [0.15, 0.2) is 0 Å². The molecule has 3 rings (SSSR count). The summed E-state index contributed by atoms with van der Waals surface area (Å²) < 4.78 is 2.48. The second-order valence-corrected chi connectivity index (χ2v) is 7.64. The van der Waals surface area contributed by atoms with Crippen molar-refractivity contribution in [1.29, 1.82) is 0 Å². The molecule has 0 aliphatic carbocycles. The van der Waals surface area contributed by atoms with Gasteiger partial charge in [0.05, 0.1) is 11.0 Å². The van der Waals surface area contributed by atoms with E-state index in [2.05, 4.69) is 49.7 Å². The van der Waals surface area contributed by atoms with Gasteiger partial charge in [-0.1, -0.05) is 20.3 Å². The van der Waals surface area contributed by atoms with Gasteiger partial charge in [-0.05, 0) is 68.8 Å². The summed E-state index contributed by atoms with van der Waals surface area (Å²) in [4.78, 5) is 4.96. The SMILES string of the molecule is Cc1cc2nc(CC(C)C)n(CCC3CCCCN3)c2cc1C. The summed E-state index contributed by atoms with van der Waals surface area (Å²) in [6.07, 6.45) is 6.31. The maximum atomic E-state index is 4.96. The molecule has 1 saturated heterocycles. The van der Waals surface area contributed by atoms with E-state index in [1.807, 2.05) is 0 Å². The third kappa shape index (κ3) is 3.77. The van der Waals surface area contributed by atoms with Crippen LogP contribution in [0.3, 0.4) is 0 Å². The predicted octanol–water partition coefficient (Wildman–Crippen LogP) is 4.38. The van der Waals surface area contributed by atoms with Crippen LogP contribution < -0.4 is 5.32 Å². The van der Waals surface area contributed by atoms with Crippen molar-refractivity contribution < 1.29 is 0 Å². The Hall–Kier alpha value is -1.35. The Labute approximate surface area is 140 Å². The molecule has 0 saturated carbocycles. The van der Waals surface area contributed by atoms with Crippen LogP contribution in [0.4, 0.5) is 0 Å². The van der Waals surface area contributed by atoms with Crippen LogP contribution in [0, 0.1) is 19.8 Å². The topological polar surface area (TPSA) is 29.9 Å². The van der Waals surface area contributed by atoms with Gasteiger partial charge < -0.3 is 9.88 Å². The Bertz CT molecular complexity index is 663. The van der Waals surface area contributed by atoms with Crippen molar-refractivity contribution in [3.05, 3.63) is 29.1 Å². The van der Waals surface area contributed by atoms with E-state index in [1.165, 1.54) is 60.2 Å². The fourth-order valence-electron chi connectivity index (χ4n) is 3.66. The number of fused-ring (bicyclic) bond motifs is 1. The number of aryl methyl sites for hydroxylation is 3. The lowest BCUT2D eigenvalue weighted by Crippen LogP contribution is -2.34. The monoisotopic (exact) mass is 313 g/mol. The van der Waals surface area contributed by atoms with E-state index in [-0.39, 0.29) is 0 Å². The number of nitrogens with zero attached hydrogens (tertiary/aromatic N) is 2. The van der Waals surface area contributed by atoms with Crippen molar-refractivity contribution in [1.82, 2.24) is 14.9 Å². The molecule has 0 radical (unpaired) electrons. The standard InChI is InChI=1S/C20H31N3/c1-14(2)11-20-22-18-12-15(3)16(4)13-19(18)23(20)10-8-17-7-5-6-9-21-17/h12-14,17,21H,5-11H2,1-4H3. The Morgan fingerprint density at radius 1 is 1.22 bits per heavy atom. The summed E-state index contributed by atoms with van der Waals surface area (Å²) in [5, 5.41) is 3.68. The normalized spacial score (nSPS) is 18.9. The fourth-order valence-corrected chi connectivity index (χ4v) is 3.66. The van der Waals surface area contributed by atoms with E-state index >= 15 is 0 Å². The van der Waals surface area contributed by atoms with Gasteiger partial charge in [0.1, 0.15) is 5.82 Å². The maximum absolute atomic E-state index is 4.96. The Kier molecular flexibility index (Phi) is 5.05. The van der Waals surface area contributed by atoms with Crippen molar-refractivity contribution in [3.63, 3.8) is 0 Å². The zero-order valence-electron chi connectivity index (χ0n) is 15.2. The van der Waals surface area contributed by atoms with Crippen LogP contribution in [0.1, 0.15) is 56.5 Å². The first kappa shape index (κ1) is 16.5. The van der Waals surface area contributed by atoms with Crippen LogP contribution in [0.25, 0.3) is 11.0 Å². The smallest absolute Gasteiger partial charge is 0.110 e. The lowest BCUT2D eigenvalue weighted by atomic mass is 10.0. The molecule has 1 N–H and O–H groups in total. The van der Waals surface area contributed by atoms with Gasteiger partial charge >= 0.3 is 0 Å². The third-order valence-electron chi connectivity index (χ3n) is 5.15. The Morgan fingerprint density at radius 3 is 2.70 bits per heavy atom. The van der Waals surface area contributed by atoms with Crippen LogP contribution in [-0.4, -0.2) is 22.1 Å². The molecule has 1 aliphatic heterocycles. The second kappa shape index (κ2) is 7.04. The lowest BCUT2D eigenvalue weighted by molar-refractivity contribution is 0.365. The minimum Gasteiger partial charge on any atom is -0.328 e. The first-order chi connectivity index (χ1) is 11.0. The van der Waals surface area contributed by atoms with Gasteiger partial charge in [0.2, 0.25) is 0 Å². The average molecular weight is 313 g/mol. The zero-order chi connectivity index (χ0) is 16.4. The number of nitrogens with one attached hydrogen (secondary N) is 1. The number of benzene rings is 1. The van der Waals surface area contributed by atoms with Crippen molar-refractivity contribution in [3.8, 4) is 0 Å². The molecule has 3 heteroatoms. The fraction of sp³-hybridized carbons (Fsp3) is 0.650. The number of rotatable bonds is 5. The van der Waals surface area contributed by atoms with Crippen LogP contribution in [0.2, 0.25) is 0 Å². The first-order valence-electron chi connectivity index (χ1n) is 9.24. The molecule has 1 atom stereocenters. The van der Waals surface area contributed by atoms with E-state index in [4.69, 9.17) is 4.98 Å². The molecule has 1 unspecified atom stereocenters. The van der Waals surface area contributed by atoms with E-state index in [1.54, 1.807) is 0 Å². The second-order valence-electron chi connectivity index (χ2n) is 7.64. The quantitative estimate of drug-likeness (QED) is 0.887. The highest BCUT2D eigenvalue weighted by Crippen LogP contribution is 2.23. The summed E-state index contributed by atoms with van der Waals surface area (Å²) in [6.45, 7) is 11.2. The predicted molar refractivity (Wildman–Crippen MR) is 98.0 cm³/mol. The molecule has 0 bridgehead atoms. The summed E-state index contributed by atoms with van der Waals surface area (Å²) in [7, 11) is 0. The molecule has 0 spiro atoms. The molecule has 1 fully saturated rings. The summed E-state index contributed by atoms with van der Waals surface area (Å²) in [5.41, 5.74) is 5.19. The van der Waals surface area contributed by atoms with Gasteiger partial charge in [-0.3, -0.25) is 0 Å². The molecule has 2 heterocycles. The highest BCUT2D eigenvalue weighted by atomic mass is 15.1. The zero-order valence-corrected chi connectivity index (χ0v) is 15.2. The van der Waals surface area contributed by atoms with Gasteiger partial charge in [0, 0.05) is 19.0 Å². The Balaban J connectivity index is 1.89. The Morgan fingerprint density at radius 2 is 2.00 bits per heavy atom. The summed E-state index contributed by atoms with van der Waals surface area (Å²) >= 11 is 0. The largest absolute Gasteiger partial charge is 0.328 e. The van der Waals surface area contributed by atoms with Gasteiger partial charge in [-0.25, -0.2) is 4.98 Å². The molecule has 3 nitrogen and oxygen atoms in total. The van der Waals surface area contributed by atoms with Crippen molar-refractivity contribution >= 4 is 11.0 Å². The van der Waals surface area contributed by atoms with E-state index in [0.29, 0.717) is 12.0 Å². The van der Waals surface area contributed by atoms with Crippen LogP contribution in [0.5, 0.6) is 0 Å². The summed E-state index contributed by atoms with van der Waals surface area (Å²) in [6, 6.07) is 5.26. The van der Waals surface area contributed by atoms with Gasteiger partial charge in [-0.15, -0.1) is 0 Å². The van der Waals surface area contributed by atoms with E-state index in [0.717, 1.165) is 13.0 Å². The molecule has 1 aromatic carbocycles. The number of imidazole rings is 1. The minimum atomic E-state index is 0.639. The number of aromatic nitrogens is 2. The van der Waals surface area contributed by atoms with Crippen molar-refractivity contribution in [2.24, 2.45) is 5.92 Å². The van der Waals surface area contributed by atoms with E-state index < -0.39 is 0 Å². The average Bonchev–Trinajstić information content (AvgIpc) is 2.82. The molecule has 23 heavy (non-hydrogen) atoms. The van der Waals surface area contributed by atoms with Crippen LogP contribution >= 0.6 is 0 Å². The highest BCUT2D eigenvalue weighted by Gasteiger charge is 2.16. The van der Waals surface area contributed by atoms with Gasteiger partial charge in [0.25, 0.3) is 0 Å². The van der Waals surface area contributed by atoms with Crippen LogP contribution in [0.15, 0.2) is 12.1 Å². The molecular weight excluding hydrogens is 282 g/mol. The van der Waals surface area contributed by atoms with Gasteiger partial charge in [-0.2, -0.15) is 0 Å². The molecule has 1 aliphatic rings. The van der Waals surface area contributed by atoms with Crippen LogP contribution in [-0.2, 0) is 13.0 Å². The highest BCUT2D eigenvalue weighted by molar-refractivity contribution is 5.78. The van der Waals surface area contributed by atoms with Crippen molar-refractivity contribution in [2.75, 3.05) is 6.54 Å². The summed E-state index contributed by atoms with van der Waals surface area (Å²) in [5.74, 6) is 1.90. The third-order valence-corrected chi connectivity index (χ3v) is 5.15. The number of hydrogen-bond donors (Lipinski definition) is 1. The molecular formula is C20H31N3. The first-order valence-corrected chi connectivity index (χ1v) is 9.24. The molecule has 0 amide bonds. The number of piperidine rings is 1. The maximum Gasteiger partial charge on any atom is 0.110 e. The number of hydrogen-bond acceptors (Lipinski definition) is 2.